The van der Waals surface area contributed by atoms with E-state index >= 15 is 0 Å². The lowest BCUT2D eigenvalue weighted by molar-refractivity contribution is 0.202. The zero-order valence-corrected chi connectivity index (χ0v) is 15.4. The topological polar surface area (TPSA) is 87.6 Å². The summed E-state index contributed by atoms with van der Waals surface area (Å²) in [4.78, 5) is 10.9. The summed E-state index contributed by atoms with van der Waals surface area (Å²) < 4.78 is 16.2. The first kappa shape index (κ1) is 17.9. The SMILES string of the molecule is N#CCC(CN1CCNCC1)n1cc(-c2ncnc3c2ccn3SF)cn1. The minimum atomic E-state index is -0.0230. The standard InChI is InChI=1S/C17H19FN8S/c18-27-26-6-2-15-16(21-12-22-17(15)26)13-9-23-25(10-13)14(1-3-19)11-24-7-4-20-5-8-24/h2,6,9-10,12,14,20H,1,4-5,7-8,11H2. The molecule has 1 saturated heterocycles. The Morgan fingerprint density at radius 1 is 1.33 bits per heavy atom. The molecular weight excluding hydrogens is 367 g/mol. The predicted molar refractivity (Wildman–Crippen MR) is 101 cm³/mol. The smallest absolute Gasteiger partial charge is 0.171 e. The molecule has 0 saturated carbocycles. The first-order valence-corrected chi connectivity index (χ1v) is 9.43. The number of hydrogen-bond donors (Lipinski definition) is 1. The Morgan fingerprint density at radius 3 is 2.96 bits per heavy atom. The molecule has 0 radical (unpaired) electrons. The zero-order chi connectivity index (χ0) is 18.6. The quantitative estimate of drug-likeness (QED) is 0.693. The van der Waals surface area contributed by atoms with E-state index in [2.05, 4.69) is 31.4 Å². The molecule has 1 atom stereocenters. The molecule has 3 aromatic heterocycles. The van der Waals surface area contributed by atoms with E-state index in [1.165, 1.54) is 10.3 Å². The number of rotatable bonds is 6. The number of halogens is 1. The van der Waals surface area contributed by atoms with Gasteiger partial charge in [0.1, 0.15) is 6.33 Å². The fourth-order valence-electron chi connectivity index (χ4n) is 3.41. The largest absolute Gasteiger partial charge is 0.314 e. The van der Waals surface area contributed by atoms with Gasteiger partial charge >= 0.3 is 0 Å². The maximum Gasteiger partial charge on any atom is 0.171 e. The maximum atomic E-state index is 13.0. The molecule has 3 aromatic rings. The Labute approximate surface area is 160 Å². The van der Waals surface area contributed by atoms with E-state index in [1.807, 2.05) is 10.9 Å². The number of piperazine rings is 1. The molecule has 1 fully saturated rings. The van der Waals surface area contributed by atoms with Crippen molar-refractivity contribution in [1.29, 1.82) is 5.26 Å². The highest BCUT2D eigenvalue weighted by Crippen LogP contribution is 2.28. The van der Waals surface area contributed by atoms with Crippen LogP contribution in [0.4, 0.5) is 3.89 Å². The van der Waals surface area contributed by atoms with Crippen LogP contribution in [0.5, 0.6) is 0 Å². The minimum absolute atomic E-state index is 0.0230. The molecule has 8 nitrogen and oxygen atoms in total. The molecule has 0 aliphatic carbocycles. The minimum Gasteiger partial charge on any atom is -0.314 e. The Hall–Kier alpha value is -2.48. The van der Waals surface area contributed by atoms with Crippen molar-refractivity contribution in [3.05, 3.63) is 31.0 Å². The summed E-state index contributed by atoms with van der Waals surface area (Å²) in [6.07, 6.45) is 7.09. The van der Waals surface area contributed by atoms with Gasteiger partial charge in [-0.1, -0.05) is 0 Å². The molecular formula is C17H19FN8S. The van der Waals surface area contributed by atoms with Crippen molar-refractivity contribution >= 4 is 23.4 Å². The van der Waals surface area contributed by atoms with Crippen LogP contribution in [0.25, 0.3) is 22.3 Å². The predicted octanol–water partition coefficient (Wildman–Crippen LogP) is 2.04. The number of nitrogens with one attached hydrogen (secondary N) is 1. The van der Waals surface area contributed by atoms with Gasteiger partial charge in [-0.15, -0.1) is 3.89 Å². The van der Waals surface area contributed by atoms with Crippen LogP contribution in [0.1, 0.15) is 12.5 Å². The van der Waals surface area contributed by atoms with Crippen LogP contribution in [0, 0.1) is 11.3 Å². The molecule has 0 bridgehead atoms. The van der Waals surface area contributed by atoms with Crippen molar-refractivity contribution in [2.45, 2.75) is 12.5 Å². The molecule has 1 unspecified atom stereocenters. The molecule has 1 N–H and O–H groups in total. The molecule has 0 spiro atoms. The van der Waals surface area contributed by atoms with E-state index in [4.69, 9.17) is 0 Å². The monoisotopic (exact) mass is 386 g/mol. The summed E-state index contributed by atoms with van der Waals surface area (Å²) in [5, 5.41) is 17.8. The number of hydrogen-bond acceptors (Lipinski definition) is 7. The van der Waals surface area contributed by atoms with Gasteiger partial charge in [0.2, 0.25) is 0 Å². The third kappa shape index (κ3) is 3.66. The zero-order valence-electron chi connectivity index (χ0n) is 14.6. The summed E-state index contributed by atoms with van der Waals surface area (Å²) in [6, 6.07) is 4.04. The number of nitriles is 1. The molecule has 1 aliphatic heterocycles. The lowest BCUT2D eigenvalue weighted by atomic mass is 10.1. The van der Waals surface area contributed by atoms with Crippen LogP contribution >= 0.6 is 12.3 Å². The summed E-state index contributed by atoms with van der Waals surface area (Å²) in [5.41, 5.74) is 2.05. The summed E-state index contributed by atoms with van der Waals surface area (Å²) >= 11 is 0.104. The first-order valence-electron chi connectivity index (χ1n) is 8.76. The third-order valence-electron chi connectivity index (χ3n) is 4.78. The van der Waals surface area contributed by atoms with Crippen molar-refractivity contribution in [2.75, 3.05) is 32.7 Å². The van der Waals surface area contributed by atoms with E-state index < -0.39 is 0 Å². The molecule has 0 aromatic carbocycles. The van der Waals surface area contributed by atoms with Crippen molar-refractivity contribution < 1.29 is 3.89 Å². The van der Waals surface area contributed by atoms with E-state index in [-0.39, 0.29) is 18.4 Å². The van der Waals surface area contributed by atoms with Crippen LogP contribution < -0.4 is 5.32 Å². The van der Waals surface area contributed by atoms with E-state index in [0.717, 1.165) is 43.7 Å². The highest BCUT2D eigenvalue weighted by molar-refractivity contribution is 7.92. The Morgan fingerprint density at radius 2 is 2.19 bits per heavy atom. The second-order valence-electron chi connectivity index (χ2n) is 6.45. The third-order valence-corrected chi connectivity index (χ3v) is 5.22. The second-order valence-corrected chi connectivity index (χ2v) is 6.98. The molecule has 27 heavy (non-hydrogen) atoms. The van der Waals surface area contributed by atoms with Crippen molar-refractivity contribution in [2.24, 2.45) is 0 Å². The van der Waals surface area contributed by atoms with Gasteiger partial charge in [-0.2, -0.15) is 10.4 Å². The van der Waals surface area contributed by atoms with Gasteiger partial charge in [-0.05, 0) is 6.07 Å². The maximum absolute atomic E-state index is 13.0. The van der Waals surface area contributed by atoms with Crippen LogP contribution in [0.3, 0.4) is 0 Å². The van der Waals surface area contributed by atoms with Gasteiger partial charge < -0.3 is 5.32 Å². The molecule has 140 valence electrons. The van der Waals surface area contributed by atoms with Crippen molar-refractivity contribution in [3.63, 3.8) is 0 Å². The normalized spacial score (nSPS) is 16.4. The fraction of sp³-hybridized carbons (Fsp3) is 0.412. The fourth-order valence-corrected chi connectivity index (χ4v) is 3.73. The highest BCUT2D eigenvalue weighted by atomic mass is 32.2. The average molecular weight is 386 g/mol. The van der Waals surface area contributed by atoms with Crippen molar-refractivity contribution in [1.82, 2.24) is 33.9 Å². The lowest BCUT2D eigenvalue weighted by Crippen LogP contribution is -2.45. The van der Waals surface area contributed by atoms with E-state index in [1.54, 1.807) is 18.5 Å². The van der Waals surface area contributed by atoms with Gasteiger partial charge in [0.15, 0.2) is 18.0 Å². The van der Waals surface area contributed by atoms with Crippen LogP contribution in [0.15, 0.2) is 31.0 Å². The Balaban J connectivity index is 1.62. The Bertz CT molecular complexity index is 955. The molecule has 4 rings (SSSR count). The van der Waals surface area contributed by atoms with E-state index in [9.17, 15) is 9.15 Å². The van der Waals surface area contributed by atoms with Crippen LogP contribution in [0.2, 0.25) is 0 Å². The molecule has 0 amide bonds. The van der Waals surface area contributed by atoms with Crippen molar-refractivity contribution in [3.8, 4) is 17.3 Å². The van der Waals surface area contributed by atoms with Crippen LogP contribution in [-0.2, 0) is 0 Å². The van der Waals surface area contributed by atoms with Gasteiger partial charge in [0.25, 0.3) is 0 Å². The lowest BCUT2D eigenvalue weighted by Gasteiger charge is -2.30. The highest BCUT2D eigenvalue weighted by Gasteiger charge is 2.20. The average Bonchev–Trinajstić information content (AvgIpc) is 3.35. The van der Waals surface area contributed by atoms with Gasteiger partial charge in [-0.3, -0.25) is 9.58 Å². The second kappa shape index (κ2) is 8.04. The van der Waals surface area contributed by atoms with E-state index in [0.29, 0.717) is 17.8 Å². The first-order chi connectivity index (χ1) is 13.3. The number of aromatic nitrogens is 5. The molecule has 10 heteroatoms. The summed E-state index contributed by atoms with van der Waals surface area (Å²) in [7, 11) is 0. The van der Waals surface area contributed by atoms with Gasteiger partial charge in [0.05, 0.1) is 30.4 Å². The number of fused-ring (bicyclic) bond motifs is 1. The molecule has 1 aliphatic rings. The Kier molecular flexibility index (Phi) is 5.33. The number of nitrogens with zero attached hydrogens (tertiary/aromatic N) is 7. The summed E-state index contributed by atoms with van der Waals surface area (Å²) in [6.45, 7) is 4.65. The molecule has 4 heterocycles. The van der Waals surface area contributed by atoms with Gasteiger partial charge in [0, 0.05) is 56.1 Å². The van der Waals surface area contributed by atoms with Crippen LogP contribution in [-0.4, -0.2) is 61.3 Å². The summed E-state index contributed by atoms with van der Waals surface area (Å²) in [5.74, 6) is 0. The van der Waals surface area contributed by atoms with Gasteiger partial charge in [-0.25, -0.2) is 13.9 Å².